The largest absolute Gasteiger partial charge is 0.481 e. The topological polar surface area (TPSA) is 112 Å². The number of amides is 1. The fraction of sp³-hybridized carbons (Fsp3) is 0.533. The number of hydrogen-bond donors (Lipinski definition) is 2. The molecule has 1 amide bonds. The van der Waals surface area contributed by atoms with Gasteiger partial charge in [-0.05, 0) is 75.1 Å². The lowest BCUT2D eigenvalue weighted by Gasteiger charge is -2.45. The Morgan fingerprint density at radius 1 is 0.889 bits per heavy atom. The number of aryl methyl sites for hydroxylation is 2. The molecule has 0 aromatic heterocycles. The van der Waals surface area contributed by atoms with Crippen LogP contribution in [0.5, 0.6) is 0 Å². The van der Waals surface area contributed by atoms with Crippen LogP contribution in [0.1, 0.15) is 60.8 Å². The van der Waals surface area contributed by atoms with Gasteiger partial charge in [0.05, 0.1) is 16.9 Å². The van der Waals surface area contributed by atoms with E-state index in [4.69, 9.17) is 0 Å². The summed E-state index contributed by atoms with van der Waals surface area (Å²) in [6, 6.07) is 5.93. The zero-order valence-corrected chi connectivity index (χ0v) is 24.7. The number of benzene rings is 2. The summed E-state index contributed by atoms with van der Waals surface area (Å²) < 4.78 is 123. The summed E-state index contributed by atoms with van der Waals surface area (Å²) in [7, 11) is -4.52. The Kier molecular flexibility index (Phi) is 7.87. The summed E-state index contributed by atoms with van der Waals surface area (Å²) in [5.41, 5.74) is -9.12. The Hall–Kier alpha value is -3.20. The van der Waals surface area contributed by atoms with E-state index in [-0.39, 0.29) is 67.5 Å². The molecule has 2 aromatic rings. The molecule has 3 aliphatic rings. The third kappa shape index (κ3) is 4.91. The monoisotopic (exact) mass is 665 g/mol. The maximum Gasteiger partial charge on any atom is 0.435 e. The third-order valence-electron chi connectivity index (χ3n) is 9.70. The summed E-state index contributed by atoms with van der Waals surface area (Å²) in [6.45, 7) is 1.48. The number of rotatable bonds is 5. The Bertz CT molecular complexity index is 1600. The van der Waals surface area contributed by atoms with Gasteiger partial charge in [0.2, 0.25) is 0 Å². The Balaban J connectivity index is 1.64. The molecule has 2 atom stereocenters. The van der Waals surface area contributed by atoms with Gasteiger partial charge in [-0.3, -0.25) is 9.59 Å². The molecule has 45 heavy (non-hydrogen) atoms. The van der Waals surface area contributed by atoms with E-state index in [0.29, 0.717) is 17.7 Å². The van der Waals surface area contributed by atoms with Crippen molar-refractivity contribution in [3.05, 3.63) is 64.7 Å². The molecule has 246 valence electrons. The van der Waals surface area contributed by atoms with Crippen molar-refractivity contribution in [3.63, 3.8) is 0 Å². The van der Waals surface area contributed by atoms with Crippen molar-refractivity contribution < 1.29 is 59.0 Å². The summed E-state index contributed by atoms with van der Waals surface area (Å²) in [6.07, 6.45) is -13.9. The van der Waals surface area contributed by atoms with Crippen molar-refractivity contribution in [1.29, 1.82) is 0 Å². The minimum absolute atomic E-state index is 0.00209. The highest BCUT2D eigenvalue weighted by molar-refractivity contribution is 7.92. The highest BCUT2D eigenvalue weighted by atomic mass is 32.2. The number of carbonyl (C=O) groups is 2. The van der Waals surface area contributed by atoms with Gasteiger partial charge in [0.15, 0.2) is 9.84 Å². The van der Waals surface area contributed by atoms with E-state index >= 15 is 4.39 Å². The fourth-order valence-corrected chi connectivity index (χ4v) is 9.59. The van der Waals surface area contributed by atoms with Crippen LogP contribution in [-0.2, 0) is 36.3 Å². The van der Waals surface area contributed by atoms with Gasteiger partial charge in [-0.1, -0.05) is 35.9 Å². The molecule has 2 aromatic carbocycles. The van der Waals surface area contributed by atoms with Crippen molar-refractivity contribution in [2.24, 2.45) is 5.92 Å². The molecule has 2 N–H and O–H groups in total. The second-order valence-corrected chi connectivity index (χ2v) is 14.4. The molecule has 5 rings (SSSR count). The van der Waals surface area contributed by atoms with Crippen LogP contribution in [0.3, 0.4) is 0 Å². The van der Waals surface area contributed by atoms with Crippen LogP contribution >= 0.6 is 0 Å². The lowest BCUT2D eigenvalue weighted by atomic mass is 9.75. The number of hydrogen-bond acceptors (Lipinski definition) is 5. The van der Waals surface area contributed by atoms with Crippen LogP contribution in [0.25, 0.3) is 0 Å². The Labute approximate surface area is 253 Å². The molecule has 1 saturated carbocycles. The van der Waals surface area contributed by atoms with Gasteiger partial charge in [0.25, 0.3) is 5.91 Å². The molecular weight excluding hydrogens is 635 g/mol. The number of halogens is 7. The van der Waals surface area contributed by atoms with E-state index in [1.165, 1.54) is 29.2 Å². The van der Waals surface area contributed by atoms with Crippen molar-refractivity contribution in [2.75, 3.05) is 6.54 Å². The molecule has 2 aliphatic carbocycles. The second-order valence-electron chi connectivity index (χ2n) is 12.2. The van der Waals surface area contributed by atoms with Gasteiger partial charge >= 0.3 is 24.0 Å². The summed E-state index contributed by atoms with van der Waals surface area (Å²) in [5, 5.41) is 20.6. The number of carboxylic acid groups (broad SMARTS) is 1. The predicted octanol–water partition coefficient (Wildman–Crippen LogP) is 5.51. The molecular formula is C30H30F7NO6S. The smallest absolute Gasteiger partial charge is 0.435 e. The van der Waals surface area contributed by atoms with Crippen LogP contribution in [0.4, 0.5) is 30.7 Å². The molecule has 15 heteroatoms. The van der Waals surface area contributed by atoms with Crippen LogP contribution in [0.15, 0.2) is 47.4 Å². The molecule has 1 heterocycles. The minimum atomic E-state index is -6.37. The number of carboxylic acids is 1. The first kappa shape index (κ1) is 33.2. The average molecular weight is 666 g/mol. The van der Waals surface area contributed by atoms with Crippen LogP contribution < -0.4 is 0 Å². The van der Waals surface area contributed by atoms with Crippen molar-refractivity contribution in [1.82, 2.24) is 4.90 Å². The van der Waals surface area contributed by atoms with Crippen molar-refractivity contribution >= 4 is 21.7 Å². The third-order valence-corrected chi connectivity index (χ3v) is 12.2. The molecule has 2 unspecified atom stereocenters. The summed E-state index contributed by atoms with van der Waals surface area (Å²) >= 11 is 0. The maximum absolute atomic E-state index is 15.0. The average Bonchev–Trinajstić information content (AvgIpc) is 3.37. The number of nitrogens with zero attached hydrogens (tertiary/aromatic N) is 1. The first-order chi connectivity index (χ1) is 20.7. The molecule has 2 fully saturated rings. The number of carbonyl (C=O) groups excluding carboxylic acids is 1. The van der Waals surface area contributed by atoms with Gasteiger partial charge in [-0.15, -0.1) is 0 Å². The van der Waals surface area contributed by atoms with E-state index in [1.807, 2.05) is 0 Å². The zero-order valence-electron chi connectivity index (χ0n) is 23.9. The molecule has 1 saturated heterocycles. The lowest BCUT2D eigenvalue weighted by Crippen LogP contribution is -2.57. The first-order valence-corrected chi connectivity index (χ1v) is 15.7. The van der Waals surface area contributed by atoms with Crippen LogP contribution in [0, 0.1) is 12.8 Å². The second kappa shape index (κ2) is 10.7. The Morgan fingerprint density at radius 3 is 2.00 bits per heavy atom. The highest BCUT2D eigenvalue weighted by Gasteiger charge is 2.74. The quantitative estimate of drug-likeness (QED) is 0.408. The molecule has 0 radical (unpaired) electrons. The predicted molar refractivity (Wildman–Crippen MR) is 144 cm³/mol. The normalized spacial score (nSPS) is 27.5. The van der Waals surface area contributed by atoms with E-state index in [0.717, 1.165) is 6.07 Å². The minimum Gasteiger partial charge on any atom is -0.481 e. The first-order valence-electron chi connectivity index (χ1n) is 14.2. The maximum atomic E-state index is 15.0. The fourth-order valence-electron chi connectivity index (χ4n) is 7.22. The summed E-state index contributed by atoms with van der Waals surface area (Å²) in [5.74, 6) is -2.68. The van der Waals surface area contributed by atoms with Gasteiger partial charge < -0.3 is 15.1 Å². The van der Waals surface area contributed by atoms with Gasteiger partial charge in [-0.25, -0.2) is 12.8 Å². The SMILES string of the molecule is Cc1ccc(S(=O)(=O)C23CCN(C(=O)C4(O)CCC(C(=O)O)CC4)C2CCc2cc(C(F)(C(F)(F)F)C(F)(F)F)ccc23)cc1. The Morgan fingerprint density at radius 2 is 1.47 bits per heavy atom. The van der Waals surface area contributed by atoms with E-state index < -0.39 is 67.6 Å². The number of fused-ring (bicyclic) bond motifs is 3. The van der Waals surface area contributed by atoms with Gasteiger partial charge in [0.1, 0.15) is 10.3 Å². The van der Waals surface area contributed by atoms with Gasteiger partial charge in [0, 0.05) is 12.1 Å². The molecule has 0 bridgehead atoms. The van der Waals surface area contributed by atoms with Crippen LogP contribution in [-0.4, -0.2) is 65.9 Å². The van der Waals surface area contributed by atoms with E-state index in [1.54, 1.807) is 6.92 Å². The molecule has 7 nitrogen and oxygen atoms in total. The number of aliphatic carboxylic acids is 1. The number of alkyl halides is 7. The van der Waals surface area contributed by atoms with Crippen molar-refractivity contribution in [3.8, 4) is 0 Å². The van der Waals surface area contributed by atoms with Crippen LogP contribution in [0.2, 0.25) is 0 Å². The lowest BCUT2D eigenvalue weighted by molar-refractivity contribution is -0.348. The molecule has 1 aliphatic heterocycles. The zero-order chi connectivity index (χ0) is 33.4. The van der Waals surface area contributed by atoms with Gasteiger partial charge in [-0.2, -0.15) is 26.3 Å². The summed E-state index contributed by atoms with van der Waals surface area (Å²) in [4.78, 5) is 26.3. The van der Waals surface area contributed by atoms with E-state index in [9.17, 15) is 54.6 Å². The number of likely N-dealkylation sites (tertiary alicyclic amines) is 1. The van der Waals surface area contributed by atoms with Crippen molar-refractivity contribution in [2.45, 2.75) is 91.2 Å². The molecule has 0 spiro atoms. The number of aliphatic hydroxyl groups is 1. The standard InChI is InChI=1S/C30H30F7NO6S/c1-17-2-6-21(7-3-17)45(43,44)27-14-15-38(25(41)26(42)12-10-18(11-13-26)24(39)40)23(27)9-4-19-16-20(5-8-22(19)27)28(31,29(32,33)34)30(35,36)37/h2-3,5-8,16,18,23,42H,4,9-15H2,1H3,(H,39,40). The number of sulfone groups is 1. The van der Waals surface area contributed by atoms with E-state index in [2.05, 4.69) is 0 Å². The highest BCUT2D eigenvalue weighted by Crippen LogP contribution is 2.57.